The van der Waals surface area contributed by atoms with Gasteiger partial charge in [-0.05, 0) is 56.3 Å². The molecule has 0 spiro atoms. The van der Waals surface area contributed by atoms with Crippen LogP contribution in [0.1, 0.15) is 13.8 Å². The molecule has 2 aromatic rings. The number of hydrogen-bond acceptors (Lipinski definition) is 6. The minimum atomic E-state index is -0.907. The van der Waals surface area contributed by atoms with Gasteiger partial charge in [0, 0.05) is 0 Å². The number of amides is 5. The Bertz CT molecular complexity index is 1160. The lowest BCUT2D eigenvalue weighted by Gasteiger charge is -2.26. The standard InChI is InChI=1S/C23H20N4O5.ClH/c1-3-32-17-11-9-15(10-12-17)26-21(29)19(20(28)24-23(26)31)13-18-14(2)25-27(22(18)30)16-7-5-4-6-8-16;/h4-13,18H,3H2,1-2H3,(H,24,28,31);1H. The average molecular weight is 469 g/mol. The summed E-state index contributed by atoms with van der Waals surface area (Å²) in [5, 5.41) is 7.67. The molecule has 0 bridgehead atoms. The number of hydrazone groups is 1. The summed E-state index contributed by atoms with van der Waals surface area (Å²) < 4.78 is 5.37. The summed E-state index contributed by atoms with van der Waals surface area (Å²) in [6.45, 7) is 3.95. The molecule has 1 atom stereocenters. The Morgan fingerprint density at radius 1 is 1.00 bits per heavy atom. The molecule has 5 amide bonds. The SMILES string of the molecule is CCOc1ccc(N2C(=O)NC(=O)C(=CC3C(=O)N(c4ccccc4)N=C3C)C2=O)cc1.Cl. The smallest absolute Gasteiger partial charge is 0.335 e. The molecule has 0 aromatic heterocycles. The Morgan fingerprint density at radius 2 is 1.67 bits per heavy atom. The quantitative estimate of drug-likeness (QED) is 0.536. The zero-order valence-corrected chi connectivity index (χ0v) is 18.7. The van der Waals surface area contributed by atoms with E-state index in [1.165, 1.54) is 11.1 Å². The van der Waals surface area contributed by atoms with E-state index in [-0.39, 0.29) is 23.7 Å². The Labute approximate surface area is 196 Å². The molecule has 1 unspecified atom stereocenters. The van der Waals surface area contributed by atoms with Crippen LogP contribution in [-0.4, -0.2) is 36.1 Å². The summed E-state index contributed by atoms with van der Waals surface area (Å²) in [6, 6.07) is 14.3. The molecule has 1 N–H and O–H groups in total. The number of halogens is 1. The van der Waals surface area contributed by atoms with Crippen LogP contribution in [0.4, 0.5) is 16.2 Å². The summed E-state index contributed by atoms with van der Waals surface area (Å²) in [5.41, 5.74) is 0.963. The van der Waals surface area contributed by atoms with Gasteiger partial charge in [0.05, 0.1) is 29.6 Å². The normalized spacial score (nSPS) is 19.4. The van der Waals surface area contributed by atoms with Crippen LogP contribution in [-0.2, 0) is 14.4 Å². The van der Waals surface area contributed by atoms with E-state index >= 15 is 0 Å². The molecule has 0 radical (unpaired) electrons. The first-order chi connectivity index (χ1) is 15.4. The third kappa shape index (κ3) is 4.49. The van der Waals surface area contributed by atoms with Crippen LogP contribution in [0, 0.1) is 5.92 Å². The van der Waals surface area contributed by atoms with Gasteiger partial charge in [0.2, 0.25) is 0 Å². The number of imide groups is 2. The van der Waals surface area contributed by atoms with Crippen molar-refractivity contribution in [2.75, 3.05) is 16.5 Å². The lowest BCUT2D eigenvalue weighted by atomic mass is 9.98. The molecule has 2 heterocycles. The van der Waals surface area contributed by atoms with Gasteiger partial charge in [-0.2, -0.15) is 10.1 Å². The molecular weight excluding hydrogens is 448 g/mol. The van der Waals surface area contributed by atoms with Crippen molar-refractivity contribution in [3.63, 3.8) is 0 Å². The molecule has 9 nitrogen and oxygen atoms in total. The van der Waals surface area contributed by atoms with Crippen molar-refractivity contribution in [1.29, 1.82) is 0 Å². The Balaban J connectivity index is 0.00000306. The number of barbiturate groups is 1. The van der Waals surface area contributed by atoms with Gasteiger partial charge in [-0.15, -0.1) is 12.4 Å². The van der Waals surface area contributed by atoms with Crippen LogP contribution in [0.5, 0.6) is 5.75 Å². The second-order valence-corrected chi connectivity index (χ2v) is 7.11. The van der Waals surface area contributed by atoms with Crippen molar-refractivity contribution in [3.8, 4) is 5.75 Å². The number of carbonyl (C=O) groups is 4. The van der Waals surface area contributed by atoms with Crippen LogP contribution in [0.3, 0.4) is 0 Å². The summed E-state index contributed by atoms with van der Waals surface area (Å²) in [5.74, 6) is -2.40. The fourth-order valence-corrected chi connectivity index (χ4v) is 3.46. The first-order valence-corrected chi connectivity index (χ1v) is 9.99. The molecule has 2 aliphatic heterocycles. The van der Waals surface area contributed by atoms with Crippen molar-refractivity contribution in [2.45, 2.75) is 13.8 Å². The largest absolute Gasteiger partial charge is 0.494 e. The van der Waals surface area contributed by atoms with Gasteiger partial charge >= 0.3 is 6.03 Å². The first-order valence-electron chi connectivity index (χ1n) is 9.99. The predicted molar refractivity (Wildman–Crippen MR) is 124 cm³/mol. The van der Waals surface area contributed by atoms with E-state index < -0.39 is 29.7 Å². The molecule has 0 aliphatic carbocycles. The molecule has 1 saturated heterocycles. The molecular formula is C23H21ClN4O5. The van der Waals surface area contributed by atoms with Crippen LogP contribution in [0.2, 0.25) is 0 Å². The number of urea groups is 1. The molecule has 2 aliphatic rings. The van der Waals surface area contributed by atoms with Gasteiger partial charge in [0.25, 0.3) is 17.7 Å². The van der Waals surface area contributed by atoms with Crippen molar-refractivity contribution >= 4 is 53.2 Å². The third-order valence-corrected chi connectivity index (χ3v) is 5.02. The number of ether oxygens (including phenoxy) is 1. The first kappa shape index (κ1) is 23.7. The predicted octanol–water partition coefficient (Wildman–Crippen LogP) is 3.06. The highest BCUT2D eigenvalue weighted by atomic mass is 35.5. The minimum Gasteiger partial charge on any atom is -0.494 e. The van der Waals surface area contributed by atoms with Gasteiger partial charge in [-0.1, -0.05) is 18.2 Å². The second kappa shape index (κ2) is 9.66. The van der Waals surface area contributed by atoms with Crippen LogP contribution < -0.4 is 20.0 Å². The zero-order chi connectivity index (χ0) is 22.8. The van der Waals surface area contributed by atoms with E-state index in [1.807, 2.05) is 13.0 Å². The van der Waals surface area contributed by atoms with Crippen molar-refractivity contribution < 1.29 is 23.9 Å². The molecule has 170 valence electrons. The van der Waals surface area contributed by atoms with Crippen molar-refractivity contribution in [3.05, 3.63) is 66.2 Å². The van der Waals surface area contributed by atoms with E-state index in [9.17, 15) is 19.2 Å². The Morgan fingerprint density at radius 3 is 2.30 bits per heavy atom. The summed E-state index contributed by atoms with van der Waals surface area (Å²) >= 11 is 0. The van der Waals surface area contributed by atoms with Crippen molar-refractivity contribution in [1.82, 2.24) is 5.32 Å². The molecule has 33 heavy (non-hydrogen) atoms. The maximum Gasteiger partial charge on any atom is 0.335 e. The fourth-order valence-electron chi connectivity index (χ4n) is 3.46. The highest BCUT2D eigenvalue weighted by Crippen LogP contribution is 2.28. The van der Waals surface area contributed by atoms with E-state index in [1.54, 1.807) is 55.5 Å². The maximum atomic E-state index is 13.1. The molecule has 10 heteroatoms. The number of benzene rings is 2. The number of para-hydroxylation sites is 1. The highest BCUT2D eigenvalue weighted by Gasteiger charge is 2.40. The summed E-state index contributed by atoms with van der Waals surface area (Å²) in [7, 11) is 0. The Hall–Kier alpha value is -3.98. The lowest BCUT2D eigenvalue weighted by molar-refractivity contribution is -0.122. The summed E-state index contributed by atoms with van der Waals surface area (Å²) in [4.78, 5) is 51.7. The maximum absolute atomic E-state index is 13.1. The number of anilines is 2. The van der Waals surface area contributed by atoms with Crippen LogP contribution >= 0.6 is 12.4 Å². The van der Waals surface area contributed by atoms with Crippen LogP contribution in [0.25, 0.3) is 0 Å². The topological polar surface area (TPSA) is 108 Å². The molecule has 4 rings (SSSR count). The average Bonchev–Trinajstić information content (AvgIpc) is 3.06. The van der Waals surface area contributed by atoms with Gasteiger partial charge in [-0.3, -0.25) is 19.7 Å². The van der Waals surface area contributed by atoms with E-state index in [0.29, 0.717) is 23.8 Å². The number of nitrogens with zero attached hydrogens (tertiary/aromatic N) is 3. The minimum absolute atomic E-state index is 0. The monoisotopic (exact) mass is 468 g/mol. The summed E-state index contributed by atoms with van der Waals surface area (Å²) in [6.07, 6.45) is 1.26. The number of nitrogens with one attached hydrogen (secondary N) is 1. The Kier molecular flexibility index (Phi) is 6.93. The fraction of sp³-hybridized carbons (Fsp3) is 0.174. The second-order valence-electron chi connectivity index (χ2n) is 7.11. The zero-order valence-electron chi connectivity index (χ0n) is 17.8. The number of hydrogen-bond donors (Lipinski definition) is 1. The van der Waals surface area contributed by atoms with E-state index in [2.05, 4.69) is 10.4 Å². The van der Waals surface area contributed by atoms with Crippen molar-refractivity contribution in [2.24, 2.45) is 11.0 Å². The molecule has 1 fully saturated rings. The molecule has 2 aromatic carbocycles. The number of rotatable bonds is 5. The molecule has 0 saturated carbocycles. The van der Waals surface area contributed by atoms with Gasteiger partial charge < -0.3 is 4.74 Å². The van der Waals surface area contributed by atoms with Gasteiger partial charge in [0.1, 0.15) is 11.3 Å². The van der Waals surface area contributed by atoms with Gasteiger partial charge in [-0.25, -0.2) is 9.69 Å². The highest BCUT2D eigenvalue weighted by molar-refractivity contribution is 6.38. The van der Waals surface area contributed by atoms with Gasteiger partial charge in [0.15, 0.2) is 0 Å². The van der Waals surface area contributed by atoms with Crippen LogP contribution in [0.15, 0.2) is 71.3 Å². The number of carbonyl (C=O) groups excluding carboxylic acids is 4. The van der Waals surface area contributed by atoms with E-state index in [4.69, 9.17) is 4.74 Å². The lowest BCUT2D eigenvalue weighted by Crippen LogP contribution is -2.54. The third-order valence-electron chi connectivity index (χ3n) is 5.02. The van der Waals surface area contributed by atoms with E-state index in [0.717, 1.165) is 4.90 Å².